The van der Waals surface area contributed by atoms with Crippen LogP contribution in [-0.4, -0.2) is 74.3 Å². The Bertz CT molecular complexity index is 899. The summed E-state index contributed by atoms with van der Waals surface area (Å²) in [4.78, 5) is 17.4. The summed E-state index contributed by atoms with van der Waals surface area (Å²) < 4.78 is 27.2. The molecule has 1 aromatic carbocycles. The van der Waals surface area contributed by atoms with Gasteiger partial charge in [-0.25, -0.2) is 23.1 Å². The minimum atomic E-state index is -3.39. The van der Waals surface area contributed by atoms with Crippen LogP contribution in [0.1, 0.15) is 12.5 Å². The van der Waals surface area contributed by atoms with E-state index in [0.29, 0.717) is 0 Å². The zero-order chi connectivity index (χ0) is 21.2. The number of aliphatic imine (C=N–C) groups is 1. The van der Waals surface area contributed by atoms with Crippen molar-refractivity contribution in [2.45, 2.75) is 13.5 Å². The van der Waals surface area contributed by atoms with Gasteiger partial charge in [0.1, 0.15) is 0 Å². The van der Waals surface area contributed by atoms with Crippen molar-refractivity contribution in [2.24, 2.45) is 4.99 Å². The van der Waals surface area contributed by atoms with E-state index in [-0.39, 0.29) is 18.8 Å². The topological polar surface area (TPSA) is 103 Å². The van der Waals surface area contributed by atoms with Crippen LogP contribution in [-0.2, 0) is 16.6 Å². The number of nitrogens with zero attached hydrogens (tertiary/aromatic N) is 5. The van der Waals surface area contributed by atoms with E-state index in [0.717, 1.165) is 50.2 Å². The van der Waals surface area contributed by atoms with Crippen LogP contribution < -0.4 is 14.9 Å². The van der Waals surface area contributed by atoms with Crippen molar-refractivity contribution in [2.75, 3.05) is 49.9 Å². The lowest BCUT2D eigenvalue weighted by Crippen LogP contribution is -2.53. The quantitative estimate of drug-likeness (QED) is 0.468. The first-order valence-corrected chi connectivity index (χ1v) is 11.8. The van der Waals surface area contributed by atoms with E-state index in [1.54, 1.807) is 18.5 Å². The molecular formula is C20H29N7O2S. The van der Waals surface area contributed by atoms with Crippen LogP contribution in [0.3, 0.4) is 0 Å². The molecule has 162 valence electrons. The fourth-order valence-corrected chi connectivity index (χ4v) is 3.99. The summed E-state index contributed by atoms with van der Waals surface area (Å²) in [6.07, 6.45) is 3.49. The summed E-state index contributed by atoms with van der Waals surface area (Å²) in [6, 6.07) is 11.3. The molecule has 0 atom stereocenters. The monoisotopic (exact) mass is 431 g/mol. The van der Waals surface area contributed by atoms with Gasteiger partial charge < -0.3 is 15.1 Å². The summed E-state index contributed by atoms with van der Waals surface area (Å²) in [7, 11) is -3.39. The fraction of sp³-hybridized carbons (Fsp3) is 0.450. The third-order valence-corrected chi connectivity index (χ3v) is 6.01. The molecule has 0 saturated carbocycles. The largest absolute Gasteiger partial charge is 0.357 e. The second kappa shape index (κ2) is 10.9. The second-order valence-electron chi connectivity index (χ2n) is 6.88. The molecule has 1 aliphatic heterocycles. The van der Waals surface area contributed by atoms with Crippen molar-refractivity contribution in [1.82, 2.24) is 24.9 Å². The first-order chi connectivity index (χ1) is 14.6. The van der Waals surface area contributed by atoms with Gasteiger partial charge in [-0.3, -0.25) is 4.99 Å². The molecule has 0 unspecified atom stereocenters. The predicted octanol–water partition coefficient (Wildman–Crippen LogP) is 0.684. The van der Waals surface area contributed by atoms with E-state index in [1.165, 1.54) is 0 Å². The van der Waals surface area contributed by atoms with E-state index in [9.17, 15) is 8.42 Å². The lowest BCUT2D eigenvalue weighted by Gasteiger charge is -2.36. The maximum absolute atomic E-state index is 12.3. The molecule has 30 heavy (non-hydrogen) atoms. The van der Waals surface area contributed by atoms with Crippen LogP contribution in [0.25, 0.3) is 0 Å². The van der Waals surface area contributed by atoms with Gasteiger partial charge in [-0.2, -0.15) is 0 Å². The lowest BCUT2D eigenvalue weighted by atomic mass is 10.2. The summed E-state index contributed by atoms with van der Waals surface area (Å²) in [5.41, 5.74) is 0.929. The maximum atomic E-state index is 12.3. The van der Waals surface area contributed by atoms with E-state index in [1.807, 2.05) is 37.3 Å². The smallest absolute Gasteiger partial charge is 0.225 e. The van der Waals surface area contributed by atoms with Gasteiger partial charge in [-0.1, -0.05) is 30.3 Å². The number of sulfonamides is 1. The highest BCUT2D eigenvalue weighted by molar-refractivity contribution is 7.89. The summed E-state index contributed by atoms with van der Waals surface area (Å²) in [5, 5.41) is 3.26. The number of piperazine rings is 1. The van der Waals surface area contributed by atoms with Crippen LogP contribution in [0, 0.1) is 0 Å². The Morgan fingerprint density at radius 2 is 1.77 bits per heavy atom. The normalized spacial score (nSPS) is 15.3. The van der Waals surface area contributed by atoms with E-state index >= 15 is 0 Å². The molecule has 3 rings (SSSR count). The molecule has 0 spiro atoms. The van der Waals surface area contributed by atoms with Crippen LogP contribution in [0.2, 0.25) is 0 Å². The van der Waals surface area contributed by atoms with Crippen LogP contribution >= 0.6 is 0 Å². The van der Waals surface area contributed by atoms with Crippen LogP contribution in [0.15, 0.2) is 53.8 Å². The Balaban J connectivity index is 1.50. The third-order valence-electron chi connectivity index (χ3n) is 4.71. The number of nitrogens with one attached hydrogen (secondary N) is 2. The summed E-state index contributed by atoms with van der Waals surface area (Å²) in [6.45, 7) is 6.31. The van der Waals surface area contributed by atoms with Crippen molar-refractivity contribution in [3.8, 4) is 0 Å². The Morgan fingerprint density at radius 3 is 2.43 bits per heavy atom. The molecule has 1 fully saturated rings. The number of hydrogen-bond acceptors (Lipinski definition) is 6. The van der Waals surface area contributed by atoms with E-state index < -0.39 is 10.0 Å². The first-order valence-electron chi connectivity index (χ1n) is 10.1. The molecule has 2 N–H and O–H groups in total. The minimum Gasteiger partial charge on any atom is -0.357 e. The molecular weight excluding hydrogens is 402 g/mol. The number of rotatable bonds is 8. The van der Waals surface area contributed by atoms with Crippen molar-refractivity contribution in [1.29, 1.82) is 0 Å². The SMILES string of the molecule is CCNC(=NCCS(=O)(=O)NCc1ccccc1)N1CCN(c2ncccn2)CC1. The zero-order valence-electron chi connectivity index (χ0n) is 17.2. The molecule has 1 aliphatic rings. The number of aromatic nitrogens is 2. The molecule has 1 saturated heterocycles. The highest BCUT2D eigenvalue weighted by Crippen LogP contribution is 2.10. The number of hydrogen-bond donors (Lipinski definition) is 2. The van der Waals surface area contributed by atoms with Gasteiger partial charge in [0.25, 0.3) is 0 Å². The molecule has 0 amide bonds. The Hall–Kier alpha value is -2.72. The molecule has 10 heteroatoms. The number of benzene rings is 1. The fourth-order valence-electron chi connectivity index (χ4n) is 3.13. The zero-order valence-corrected chi connectivity index (χ0v) is 18.1. The number of anilines is 1. The molecule has 0 bridgehead atoms. The van der Waals surface area contributed by atoms with Gasteiger partial charge in [-0.15, -0.1) is 0 Å². The van der Waals surface area contributed by atoms with Gasteiger partial charge in [0.05, 0.1) is 12.3 Å². The molecule has 0 aliphatic carbocycles. The minimum absolute atomic E-state index is 0.0491. The van der Waals surface area contributed by atoms with E-state index in [2.05, 4.69) is 34.8 Å². The highest BCUT2D eigenvalue weighted by atomic mass is 32.2. The second-order valence-corrected chi connectivity index (χ2v) is 8.81. The molecule has 1 aromatic heterocycles. The predicted molar refractivity (Wildman–Crippen MR) is 119 cm³/mol. The standard InChI is InChI=1S/C20H29N7O2S/c1-2-21-19(26-12-14-27(15-13-26)20-22-9-6-10-23-20)24-11-16-30(28,29)25-17-18-7-4-3-5-8-18/h3-10,25H,2,11-17H2,1H3,(H,21,24). The van der Waals surface area contributed by atoms with Gasteiger partial charge in [0.15, 0.2) is 5.96 Å². The van der Waals surface area contributed by atoms with Gasteiger partial charge in [0.2, 0.25) is 16.0 Å². The van der Waals surface area contributed by atoms with Crippen molar-refractivity contribution in [3.05, 3.63) is 54.4 Å². The Morgan fingerprint density at radius 1 is 1.07 bits per heavy atom. The average molecular weight is 432 g/mol. The van der Waals surface area contributed by atoms with E-state index in [4.69, 9.17) is 0 Å². The first kappa shape index (κ1) is 22.0. The van der Waals surface area contributed by atoms with Gasteiger partial charge in [0, 0.05) is 51.7 Å². The van der Waals surface area contributed by atoms with Crippen LogP contribution in [0.4, 0.5) is 5.95 Å². The van der Waals surface area contributed by atoms with Crippen LogP contribution in [0.5, 0.6) is 0 Å². The summed E-state index contributed by atoms with van der Waals surface area (Å²) >= 11 is 0. The van der Waals surface area contributed by atoms with Crippen molar-refractivity contribution in [3.63, 3.8) is 0 Å². The Labute approximate surface area is 178 Å². The molecule has 9 nitrogen and oxygen atoms in total. The molecule has 0 radical (unpaired) electrons. The molecule has 2 aromatic rings. The molecule has 2 heterocycles. The van der Waals surface area contributed by atoms with Crippen molar-refractivity contribution >= 4 is 21.9 Å². The average Bonchev–Trinajstić information content (AvgIpc) is 2.79. The summed E-state index contributed by atoms with van der Waals surface area (Å²) in [5.74, 6) is 1.42. The van der Waals surface area contributed by atoms with Gasteiger partial charge in [-0.05, 0) is 18.6 Å². The Kier molecular flexibility index (Phi) is 7.97. The highest BCUT2D eigenvalue weighted by Gasteiger charge is 2.21. The lowest BCUT2D eigenvalue weighted by molar-refractivity contribution is 0.370. The maximum Gasteiger partial charge on any atom is 0.225 e. The van der Waals surface area contributed by atoms with Gasteiger partial charge >= 0.3 is 0 Å². The van der Waals surface area contributed by atoms with Crippen molar-refractivity contribution < 1.29 is 8.42 Å². The number of guanidine groups is 1. The third kappa shape index (κ3) is 6.67.